The molecule has 0 rings (SSSR count). The fraction of sp³-hybridized carbons (Fsp3) is 0.750. The monoisotopic (exact) mass is 117 g/mol. The lowest BCUT2D eigenvalue weighted by Crippen LogP contribution is -2.43. The molecule has 8 heavy (non-hydrogen) atoms. The molecule has 0 radical (unpaired) electrons. The molecule has 0 saturated heterocycles. The highest BCUT2D eigenvalue weighted by Crippen LogP contribution is 1.64. The molecular formula is C4H11N3O. The molecular weight excluding hydrogens is 106 g/mol. The zero-order valence-electron chi connectivity index (χ0n) is 5.06. The van der Waals surface area contributed by atoms with Crippen LogP contribution in [0.5, 0.6) is 0 Å². The van der Waals surface area contributed by atoms with E-state index in [1.165, 1.54) is 7.05 Å². The Kier molecular flexibility index (Phi) is 2.95. The van der Waals surface area contributed by atoms with Gasteiger partial charge in [-0.1, -0.05) is 0 Å². The number of nitrogens with one attached hydrogen (secondary N) is 2. The van der Waals surface area contributed by atoms with Gasteiger partial charge in [0.2, 0.25) is 0 Å². The van der Waals surface area contributed by atoms with Crippen molar-refractivity contribution in [2.75, 3.05) is 7.05 Å². The molecule has 48 valence electrons. The minimum Gasteiger partial charge on any atom is -0.341 e. The summed E-state index contributed by atoms with van der Waals surface area (Å²) < 4.78 is 0. The van der Waals surface area contributed by atoms with E-state index in [1.807, 2.05) is 0 Å². The smallest absolute Gasteiger partial charge is 0.315 e. The zero-order valence-corrected chi connectivity index (χ0v) is 5.06. The third kappa shape index (κ3) is 3.42. The van der Waals surface area contributed by atoms with Crippen LogP contribution in [0, 0.1) is 0 Å². The van der Waals surface area contributed by atoms with E-state index in [0.717, 1.165) is 0 Å². The number of rotatable bonds is 1. The first-order valence-corrected chi connectivity index (χ1v) is 2.40. The van der Waals surface area contributed by atoms with Crippen LogP contribution < -0.4 is 16.4 Å². The Morgan fingerprint density at radius 3 is 2.38 bits per heavy atom. The van der Waals surface area contributed by atoms with Crippen LogP contribution in [0.2, 0.25) is 0 Å². The van der Waals surface area contributed by atoms with Crippen molar-refractivity contribution in [1.82, 2.24) is 10.6 Å². The van der Waals surface area contributed by atoms with Crippen LogP contribution in [0.15, 0.2) is 0 Å². The van der Waals surface area contributed by atoms with Gasteiger partial charge in [-0.25, -0.2) is 4.79 Å². The number of amides is 2. The molecule has 0 aliphatic carbocycles. The maximum absolute atomic E-state index is 10.3. The average molecular weight is 117 g/mol. The van der Waals surface area contributed by atoms with E-state index >= 15 is 0 Å². The Labute approximate surface area is 48.4 Å². The lowest BCUT2D eigenvalue weighted by atomic mass is 10.6. The Balaban J connectivity index is 3.25. The van der Waals surface area contributed by atoms with Gasteiger partial charge in [0.05, 0.1) is 6.17 Å². The number of carbonyl (C=O) groups is 1. The second kappa shape index (κ2) is 3.26. The number of hydrogen-bond acceptors (Lipinski definition) is 2. The van der Waals surface area contributed by atoms with E-state index in [0.29, 0.717) is 0 Å². The summed E-state index contributed by atoms with van der Waals surface area (Å²) in [6, 6.07) is -0.250. The fourth-order valence-corrected chi connectivity index (χ4v) is 0.279. The highest BCUT2D eigenvalue weighted by Gasteiger charge is 1.95. The van der Waals surface area contributed by atoms with Gasteiger partial charge >= 0.3 is 6.03 Å². The fourth-order valence-electron chi connectivity index (χ4n) is 0.279. The number of carbonyl (C=O) groups excluding carboxylic acids is 1. The second-order valence-electron chi connectivity index (χ2n) is 1.51. The van der Waals surface area contributed by atoms with Crippen LogP contribution in [-0.4, -0.2) is 19.2 Å². The molecule has 0 saturated carbocycles. The zero-order chi connectivity index (χ0) is 6.57. The van der Waals surface area contributed by atoms with Crippen molar-refractivity contribution < 1.29 is 4.79 Å². The molecule has 0 aliphatic rings. The van der Waals surface area contributed by atoms with E-state index in [2.05, 4.69) is 10.6 Å². The van der Waals surface area contributed by atoms with Gasteiger partial charge in [-0.3, -0.25) is 0 Å². The summed E-state index contributed by atoms with van der Waals surface area (Å²) in [5.74, 6) is 0. The summed E-state index contributed by atoms with van der Waals surface area (Å²) in [6.07, 6.45) is -0.282. The SMILES string of the molecule is CNC(=O)N[C@@H](C)N. The van der Waals surface area contributed by atoms with Crippen LogP contribution in [0.1, 0.15) is 6.92 Å². The Morgan fingerprint density at radius 1 is 1.75 bits per heavy atom. The summed E-state index contributed by atoms with van der Waals surface area (Å²) in [5, 5.41) is 4.79. The van der Waals surface area contributed by atoms with Gasteiger partial charge in [-0.2, -0.15) is 0 Å². The van der Waals surface area contributed by atoms with Crippen LogP contribution in [0.25, 0.3) is 0 Å². The highest BCUT2D eigenvalue weighted by molar-refractivity contribution is 5.73. The van der Waals surface area contributed by atoms with Gasteiger partial charge in [0.15, 0.2) is 0 Å². The van der Waals surface area contributed by atoms with Crippen molar-refractivity contribution >= 4 is 6.03 Å². The molecule has 0 aromatic heterocycles. The van der Waals surface area contributed by atoms with Gasteiger partial charge in [-0.15, -0.1) is 0 Å². The normalized spacial score (nSPS) is 12.4. The quantitative estimate of drug-likeness (QED) is 0.394. The Bertz CT molecular complexity index is 81.4. The standard InChI is InChI=1S/C4H11N3O/c1-3(5)7-4(8)6-2/h3H,5H2,1-2H3,(H2,6,7,8)/t3-/m0/s1. The molecule has 0 aliphatic heterocycles. The van der Waals surface area contributed by atoms with Gasteiger partial charge < -0.3 is 16.4 Å². The number of hydrogen-bond donors (Lipinski definition) is 3. The van der Waals surface area contributed by atoms with Gasteiger partial charge in [-0.05, 0) is 6.92 Å². The maximum Gasteiger partial charge on any atom is 0.315 e. The van der Waals surface area contributed by atoms with Crippen LogP contribution >= 0.6 is 0 Å². The topological polar surface area (TPSA) is 67.2 Å². The molecule has 0 heterocycles. The molecule has 4 nitrogen and oxygen atoms in total. The molecule has 4 heteroatoms. The van der Waals surface area contributed by atoms with Crippen molar-refractivity contribution in [2.45, 2.75) is 13.1 Å². The van der Waals surface area contributed by atoms with Crippen LogP contribution in [0.4, 0.5) is 4.79 Å². The van der Waals surface area contributed by atoms with Gasteiger partial charge in [0, 0.05) is 7.05 Å². The first-order valence-electron chi connectivity index (χ1n) is 2.40. The van der Waals surface area contributed by atoms with E-state index in [4.69, 9.17) is 5.73 Å². The lowest BCUT2D eigenvalue weighted by Gasteiger charge is -2.05. The van der Waals surface area contributed by atoms with E-state index in [9.17, 15) is 4.79 Å². The Hall–Kier alpha value is -0.770. The molecule has 2 amide bonds. The Morgan fingerprint density at radius 2 is 2.25 bits per heavy atom. The average Bonchev–Trinajstić information content (AvgIpc) is 1.65. The summed E-state index contributed by atoms with van der Waals surface area (Å²) >= 11 is 0. The molecule has 0 bridgehead atoms. The van der Waals surface area contributed by atoms with Crippen molar-refractivity contribution in [3.05, 3.63) is 0 Å². The molecule has 0 aromatic carbocycles. The molecule has 0 fully saturated rings. The van der Waals surface area contributed by atoms with Crippen molar-refractivity contribution in [1.29, 1.82) is 0 Å². The summed E-state index contributed by atoms with van der Waals surface area (Å²) in [4.78, 5) is 10.3. The summed E-state index contributed by atoms with van der Waals surface area (Å²) in [7, 11) is 1.54. The largest absolute Gasteiger partial charge is 0.341 e. The van der Waals surface area contributed by atoms with E-state index in [1.54, 1.807) is 6.92 Å². The first-order chi connectivity index (χ1) is 3.66. The highest BCUT2D eigenvalue weighted by atomic mass is 16.2. The summed E-state index contributed by atoms with van der Waals surface area (Å²) in [6.45, 7) is 1.69. The van der Waals surface area contributed by atoms with Crippen molar-refractivity contribution in [2.24, 2.45) is 5.73 Å². The molecule has 0 unspecified atom stereocenters. The third-order valence-electron chi connectivity index (χ3n) is 0.586. The molecule has 0 spiro atoms. The first kappa shape index (κ1) is 7.23. The lowest BCUT2D eigenvalue weighted by molar-refractivity contribution is 0.240. The molecule has 4 N–H and O–H groups in total. The molecule has 1 atom stereocenters. The minimum absolute atomic E-state index is 0.250. The predicted octanol–water partition coefficient (Wildman–Crippen LogP) is -0.780. The second-order valence-corrected chi connectivity index (χ2v) is 1.51. The van der Waals surface area contributed by atoms with E-state index < -0.39 is 0 Å². The summed E-state index contributed by atoms with van der Waals surface area (Å²) in [5.41, 5.74) is 5.20. The molecule has 0 aromatic rings. The number of nitrogens with two attached hydrogens (primary N) is 1. The van der Waals surface area contributed by atoms with Gasteiger partial charge in [0.1, 0.15) is 0 Å². The van der Waals surface area contributed by atoms with Gasteiger partial charge in [0.25, 0.3) is 0 Å². The van der Waals surface area contributed by atoms with Crippen LogP contribution in [0.3, 0.4) is 0 Å². The van der Waals surface area contributed by atoms with Crippen molar-refractivity contribution in [3.63, 3.8) is 0 Å². The van der Waals surface area contributed by atoms with E-state index in [-0.39, 0.29) is 12.2 Å². The number of urea groups is 1. The van der Waals surface area contributed by atoms with Crippen LogP contribution in [-0.2, 0) is 0 Å². The maximum atomic E-state index is 10.3. The third-order valence-corrected chi connectivity index (χ3v) is 0.586. The predicted molar refractivity (Wildman–Crippen MR) is 31.2 cm³/mol. The van der Waals surface area contributed by atoms with Crippen molar-refractivity contribution in [3.8, 4) is 0 Å². The minimum atomic E-state index is -0.282.